The average molecular weight is 425 g/mol. The smallest absolute Gasteiger partial charge is 0.277 e. The van der Waals surface area contributed by atoms with Gasteiger partial charge in [-0.2, -0.15) is 5.10 Å². The SMILES string of the molecule is Cc1nc(C)c(-c2csc(NC(=O)c3ccn(C4CCCNC4)n3)n2)s1.Cl. The predicted molar refractivity (Wildman–Crippen MR) is 111 cm³/mol. The molecule has 1 saturated heterocycles. The first-order valence-electron chi connectivity index (χ1n) is 8.57. The standard InChI is InChI=1S/C17H20N6OS2.ClH/c1-10-15(26-11(2)19-10)14-9-25-17(20-14)21-16(24)13-5-7-23(22-13)12-4-3-6-18-8-12;/h5,7,9,12,18H,3-4,6,8H2,1-2H3,(H,20,21,24);1H. The minimum Gasteiger partial charge on any atom is -0.315 e. The van der Waals surface area contributed by atoms with E-state index in [0.717, 1.165) is 47.2 Å². The molecule has 0 aliphatic carbocycles. The van der Waals surface area contributed by atoms with E-state index in [9.17, 15) is 4.79 Å². The van der Waals surface area contributed by atoms with E-state index in [2.05, 4.69) is 25.7 Å². The van der Waals surface area contributed by atoms with Gasteiger partial charge in [-0.1, -0.05) is 0 Å². The van der Waals surface area contributed by atoms with Crippen LogP contribution < -0.4 is 10.6 Å². The molecule has 3 aromatic heterocycles. The molecule has 1 fully saturated rings. The summed E-state index contributed by atoms with van der Waals surface area (Å²) < 4.78 is 1.89. The lowest BCUT2D eigenvalue weighted by molar-refractivity contribution is 0.102. The average Bonchev–Trinajstić information content (AvgIpc) is 3.35. The van der Waals surface area contributed by atoms with Gasteiger partial charge in [0.2, 0.25) is 0 Å². The Kier molecular flexibility index (Phi) is 6.25. The molecule has 1 amide bonds. The third-order valence-corrected chi connectivity index (χ3v) is 6.20. The van der Waals surface area contributed by atoms with Crippen LogP contribution in [0.4, 0.5) is 5.13 Å². The fourth-order valence-electron chi connectivity index (χ4n) is 3.09. The molecule has 0 saturated carbocycles. The molecule has 0 radical (unpaired) electrons. The van der Waals surface area contributed by atoms with Crippen molar-refractivity contribution in [3.05, 3.63) is 34.0 Å². The molecule has 10 heteroatoms. The van der Waals surface area contributed by atoms with E-state index < -0.39 is 0 Å². The van der Waals surface area contributed by atoms with Crippen LogP contribution in [-0.2, 0) is 0 Å². The summed E-state index contributed by atoms with van der Waals surface area (Å²) in [5.74, 6) is -0.231. The number of nitrogens with zero attached hydrogens (tertiary/aromatic N) is 4. The third kappa shape index (κ3) is 4.37. The number of amides is 1. The van der Waals surface area contributed by atoms with Crippen molar-refractivity contribution >= 4 is 46.1 Å². The maximum Gasteiger partial charge on any atom is 0.277 e. The van der Waals surface area contributed by atoms with E-state index in [1.165, 1.54) is 11.3 Å². The molecule has 7 nitrogen and oxygen atoms in total. The summed E-state index contributed by atoms with van der Waals surface area (Å²) in [6.45, 7) is 5.90. The summed E-state index contributed by atoms with van der Waals surface area (Å²) >= 11 is 3.03. The number of rotatable bonds is 4. The highest BCUT2D eigenvalue weighted by atomic mass is 35.5. The summed E-state index contributed by atoms with van der Waals surface area (Å²) in [5, 5.41) is 14.2. The van der Waals surface area contributed by atoms with Crippen molar-refractivity contribution < 1.29 is 4.79 Å². The first kappa shape index (κ1) is 19.9. The summed E-state index contributed by atoms with van der Waals surface area (Å²) in [7, 11) is 0. The van der Waals surface area contributed by atoms with Gasteiger partial charge < -0.3 is 5.32 Å². The Hall–Kier alpha value is -1.81. The van der Waals surface area contributed by atoms with Crippen LogP contribution in [0.2, 0.25) is 0 Å². The van der Waals surface area contributed by atoms with Crippen molar-refractivity contribution in [2.24, 2.45) is 0 Å². The van der Waals surface area contributed by atoms with Crippen molar-refractivity contribution in [2.45, 2.75) is 32.7 Å². The Morgan fingerprint density at radius 2 is 2.22 bits per heavy atom. The summed E-state index contributed by atoms with van der Waals surface area (Å²) in [5.41, 5.74) is 2.24. The number of aryl methyl sites for hydroxylation is 2. The number of nitrogens with one attached hydrogen (secondary N) is 2. The molecule has 3 aromatic rings. The van der Waals surface area contributed by atoms with E-state index in [1.54, 1.807) is 17.4 Å². The maximum atomic E-state index is 12.5. The van der Waals surface area contributed by atoms with Gasteiger partial charge >= 0.3 is 0 Å². The minimum absolute atomic E-state index is 0. The number of carbonyl (C=O) groups is 1. The molecule has 144 valence electrons. The Balaban J connectivity index is 0.00000210. The molecular formula is C17H21ClN6OS2. The van der Waals surface area contributed by atoms with Crippen molar-refractivity contribution in [3.63, 3.8) is 0 Å². The van der Waals surface area contributed by atoms with Crippen LogP contribution >= 0.6 is 35.1 Å². The molecule has 4 heterocycles. The highest BCUT2D eigenvalue weighted by Gasteiger charge is 2.19. The number of hydrogen-bond acceptors (Lipinski definition) is 7. The van der Waals surface area contributed by atoms with Crippen LogP contribution in [0.25, 0.3) is 10.6 Å². The third-order valence-electron chi connectivity index (χ3n) is 4.35. The lowest BCUT2D eigenvalue weighted by Gasteiger charge is -2.22. The van der Waals surface area contributed by atoms with Gasteiger partial charge in [0, 0.05) is 18.1 Å². The highest BCUT2D eigenvalue weighted by Crippen LogP contribution is 2.32. The Morgan fingerprint density at radius 1 is 1.37 bits per heavy atom. The number of piperidine rings is 1. The van der Waals surface area contributed by atoms with E-state index in [0.29, 0.717) is 16.9 Å². The van der Waals surface area contributed by atoms with Gasteiger partial charge in [-0.05, 0) is 39.3 Å². The Morgan fingerprint density at radius 3 is 2.93 bits per heavy atom. The first-order valence-corrected chi connectivity index (χ1v) is 10.3. The van der Waals surface area contributed by atoms with E-state index in [-0.39, 0.29) is 18.3 Å². The molecule has 2 N–H and O–H groups in total. The van der Waals surface area contributed by atoms with Crippen LogP contribution in [0.5, 0.6) is 0 Å². The van der Waals surface area contributed by atoms with Crippen molar-refractivity contribution in [2.75, 3.05) is 18.4 Å². The van der Waals surface area contributed by atoms with E-state index in [1.807, 2.05) is 30.1 Å². The first-order chi connectivity index (χ1) is 12.6. The molecule has 0 spiro atoms. The molecule has 27 heavy (non-hydrogen) atoms. The molecule has 1 unspecified atom stereocenters. The van der Waals surface area contributed by atoms with Gasteiger partial charge in [-0.3, -0.25) is 14.8 Å². The molecule has 1 aliphatic heterocycles. The second-order valence-corrected chi connectivity index (χ2v) is 8.38. The van der Waals surface area contributed by atoms with Gasteiger partial charge in [-0.25, -0.2) is 9.97 Å². The van der Waals surface area contributed by atoms with E-state index >= 15 is 0 Å². The summed E-state index contributed by atoms with van der Waals surface area (Å²) in [4.78, 5) is 22.5. The molecule has 0 bridgehead atoms. The van der Waals surface area contributed by atoms with Crippen LogP contribution in [0.15, 0.2) is 17.6 Å². The Labute approximate surface area is 171 Å². The topological polar surface area (TPSA) is 84.7 Å². The fourth-order valence-corrected chi connectivity index (χ4v) is 4.74. The van der Waals surface area contributed by atoms with Gasteiger partial charge in [0.25, 0.3) is 5.91 Å². The highest BCUT2D eigenvalue weighted by molar-refractivity contribution is 7.16. The largest absolute Gasteiger partial charge is 0.315 e. The lowest BCUT2D eigenvalue weighted by Crippen LogP contribution is -2.32. The summed E-state index contributed by atoms with van der Waals surface area (Å²) in [6.07, 6.45) is 4.09. The molecule has 1 atom stereocenters. The summed E-state index contributed by atoms with van der Waals surface area (Å²) in [6, 6.07) is 2.07. The van der Waals surface area contributed by atoms with Crippen LogP contribution in [0.3, 0.4) is 0 Å². The van der Waals surface area contributed by atoms with Crippen LogP contribution in [-0.4, -0.2) is 38.7 Å². The van der Waals surface area contributed by atoms with Gasteiger partial charge in [0.15, 0.2) is 10.8 Å². The van der Waals surface area contributed by atoms with Crippen LogP contribution in [0, 0.1) is 13.8 Å². The molecule has 0 aromatic carbocycles. The second-order valence-electron chi connectivity index (χ2n) is 6.32. The number of aromatic nitrogens is 4. The van der Waals surface area contributed by atoms with Crippen LogP contribution in [0.1, 0.15) is 40.1 Å². The molecule has 4 rings (SSSR count). The number of carbonyl (C=O) groups excluding carboxylic acids is 1. The van der Waals surface area contributed by atoms with Crippen molar-refractivity contribution in [3.8, 4) is 10.6 Å². The zero-order valence-electron chi connectivity index (χ0n) is 15.1. The number of halogens is 1. The number of hydrogen-bond donors (Lipinski definition) is 2. The quantitative estimate of drug-likeness (QED) is 0.667. The van der Waals surface area contributed by atoms with E-state index in [4.69, 9.17) is 0 Å². The monoisotopic (exact) mass is 424 g/mol. The zero-order valence-corrected chi connectivity index (χ0v) is 17.5. The zero-order chi connectivity index (χ0) is 18.1. The predicted octanol–water partition coefficient (Wildman–Crippen LogP) is 3.68. The Bertz CT molecular complexity index is 928. The van der Waals surface area contributed by atoms with Gasteiger partial charge in [0.1, 0.15) is 0 Å². The van der Waals surface area contributed by atoms with Gasteiger partial charge in [0.05, 0.1) is 27.3 Å². The van der Waals surface area contributed by atoms with Gasteiger partial charge in [-0.15, -0.1) is 35.1 Å². The number of anilines is 1. The lowest BCUT2D eigenvalue weighted by atomic mass is 10.1. The van der Waals surface area contributed by atoms with Crippen molar-refractivity contribution in [1.29, 1.82) is 0 Å². The normalized spacial score (nSPS) is 16.7. The molecule has 1 aliphatic rings. The molecular weight excluding hydrogens is 404 g/mol. The number of thiazole rings is 2. The fraction of sp³-hybridized carbons (Fsp3) is 0.412. The minimum atomic E-state index is -0.231. The maximum absolute atomic E-state index is 12.5. The van der Waals surface area contributed by atoms with Crippen molar-refractivity contribution in [1.82, 2.24) is 25.1 Å². The second kappa shape index (κ2) is 8.47.